The molecule has 1 N–H and O–H groups in total. The van der Waals surface area contributed by atoms with Crippen LogP contribution in [0.25, 0.3) is 0 Å². The van der Waals surface area contributed by atoms with E-state index in [1.165, 1.54) is 0 Å². The van der Waals surface area contributed by atoms with Crippen LogP contribution in [0, 0.1) is 0 Å². The first-order valence-corrected chi connectivity index (χ1v) is 6.33. The first-order chi connectivity index (χ1) is 8.74. The average molecular weight is 264 g/mol. The fourth-order valence-corrected chi connectivity index (χ4v) is 1.35. The number of likely N-dealkylation sites (N-methyl/N-ethyl adjacent to an activating group) is 1. The molecule has 1 aromatic heterocycles. The van der Waals surface area contributed by atoms with Gasteiger partial charge in [0, 0.05) is 32.4 Å². The number of carbonyl (C=O) groups excluding carboxylic acids is 1. The van der Waals surface area contributed by atoms with Gasteiger partial charge in [-0.1, -0.05) is 0 Å². The average Bonchev–Trinajstić information content (AvgIpc) is 2.36. The third-order valence-corrected chi connectivity index (χ3v) is 3.33. The Morgan fingerprint density at radius 3 is 2.32 bits per heavy atom. The zero-order valence-electron chi connectivity index (χ0n) is 12.7. The summed E-state index contributed by atoms with van der Waals surface area (Å²) in [7, 11) is 7.56. The second kappa shape index (κ2) is 6.02. The van der Waals surface area contributed by atoms with E-state index in [2.05, 4.69) is 29.0 Å². The predicted octanol–water partition coefficient (Wildman–Crippen LogP) is 1.54. The number of nitrogens with one attached hydrogen (secondary N) is 1. The lowest BCUT2D eigenvalue weighted by Gasteiger charge is -2.32. The zero-order valence-corrected chi connectivity index (χ0v) is 12.7. The molecule has 0 radical (unpaired) electrons. The van der Waals surface area contributed by atoms with Crippen LogP contribution in [0.5, 0.6) is 0 Å². The number of pyridine rings is 1. The summed E-state index contributed by atoms with van der Waals surface area (Å²) in [5.41, 5.74) is 0.641. The lowest BCUT2D eigenvalue weighted by molar-refractivity contribution is 0.0827. The minimum atomic E-state index is -0.0346. The van der Waals surface area contributed by atoms with Gasteiger partial charge < -0.3 is 15.1 Å². The molecule has 0 unspecified atom stereocenters. The molecule has 5 nitrogen and oxygen atoms in total. The van der Waals surface area contributed by atoms with Gasteiger partial charge >= 0.3 is 0 Å². The minimum absolute atomic E-state index is 0.0346. The van der Waals surface area contributed by atoms with E-state index in [9.17, 15) is 4.79 Å². The molecule has 19 heavy (non-hydrogen) atoms. The van der Waals surface area contributed by atoms with Gasteiger partial charge in [0.1, 0.15) is 5.82 Å². The first kappa shape index (κ1) is 15.4. The van der Waals surface area contributed by atoms with Crippen LogP contribution in [0.2, 0.25) is 0 Å². The smallest absolute Gasteiger partial charge is 0.254 e. The van der Waals surface area contributed by atoms with Gasteiger partial charge in [0.15, 0.2) is 0 Å². The summed E-state index contributed by atoms with van der Waals surface area (Å²) in [5.74, 6) is 0.748. The third-order valence-electron chi connectivity index (χ3n) is 3.33. The van der Waals surface area contributed by atoms with Crippen LogP contribution in [-0.4, -0.2) is 61.0 Å². The molecule has 1 heterocycles. The van der Waals surface area contributed by atoms with Crippen LogP contribution >= 0.6 is 0 Å². The van der Waals surface area contributed by atoms with E-state index in [0.29, 0.717) is 5.56 Å². The molecule has 0 saturated heterocycles. The Kier molecular flexibility index (Phi) is 4.89. The number of anilines is 1. The Bertz CT molecular complexity index is 424. The Morgan fingerprint density at radius 2 is 1.89 bits per heavy atom. The maximum absolute atomic E-state index is 11.7. The van der Waals surface area contributed by atoms with Crippen molar-refractivity contribution in [3.63, 3.8) is 0 Å². The van der Waals surface area contributed by atoms with E-state index in [-0.39, 0.29) is 11.4 Å². The van der Waals surface area contributed by atoms with Gasteiger partial charge in [-0.25, -0.2) is 4.98 Å². The van der Waals surface area contributed by atoms with E-state index in [1.54, 1.807) is 31.3 Å². The topological polar surface area (TPSA) is 48.5 Å². The van der Waals surface area contributed by atoms with Gasteiger partial charge in [-0.3, -0.25) is 4.79 Å². The molecule has 106 valence electrons. The summed E-state index contributed by atoms with van der Waals surface area (Å²) in [6.07, 6.45) is 1.60. The summed E-state index contributed by atoms with van der Waals surface area (Å²) in [5, 5.41) is 3.28. The fraction of sp³-hybridized carbons (Fsp3) is 0.571. The summed E-state index contributed by atoms with van der Waals surface area (Å²) in [6.45, 7) is 5.10. The van der Waals surface area contributed by atoms with E-state index >= 15 is 0 Å². The molecular formula is C14H24N4O. The van der Waals surface area contributed by atoms with Crippen molar-refractivity contribution in [1.29, 1.82) is 0 Å². The molecule has 5 heteroatoms. The SMILES string of the molecule is CN(C)C(=O)c1ccc(NCC(C)(C)N(C)C)nc1. The second-order valence-corrected chi connectivity index (χ2v) is 5.69. The summed E-state index contributed by atoms with van der Waals surface area (Å²) in [6, 6.07) is 3.63. The number of nitrogens with zero attached hydrogens (tertiary/aromatic N) is 3. The third kappa shape index (κ3) is 4.21. The van der Waals surface area contributed by atoms with Gasteiger partial charge in [0.05, 0.1) is 5.56 Å². The summed E-state index contributed by atoms with van der Waals surface area (Å²) < 4.78 is 0. The monoisotopic (exact) mass is 264 g/mol. The Morgan fingerprint density at radius 1 is 1.26 bits per heavy atom. The number of aromatic nitrogens is 1. The Hall–Kier alpha value is -1.62. The molecule has 0 aromatic carbocycles. The second-order valence-electron chi connectivity index (χ2n) is 5.69. The number of rotatable bonds is 5. The van der Waals surface area contributed by atoms with Crippen LogP contribution in [0.1, 0.15) is 24.2 Å². The minimum Gasteiger partial charge on any atom is -0.368 e. The molecule has 0 atom stereocenters. The highest BCUT2D eigenvalue weighted by Crippen LogP contribution is 2.12. The fourth-order valence-electron chi connectivity index (χ4n) is 1.35. The highest BCUT2D eigenvalue weighted by Gasteiger charge is 2.20. The zero-order chi connectivity index (χ0) is 14.6. The molecule has 1 amide bonds. The Labute approximate surface area is 115 Å². The van der Waals surface area contributed by atoms with Gasteiger partial charge in [0.25, 0.3) is 5.91 Å². The molecular weight excluding hydrogens is 240 g/mol. The summed E-state index contributed by atoms with van der Waals surface area (Å²) in [4.78, 5) is 19.7. The van der Waals surface area contributed by atoms with Crippen LogP contribution in [0.15, 0.2) is 18.3 Å². The van der Waals surface area contributed by atoms with Crippen molar-refractivity contribution in [2.24, 2.45) is 0 Å². The molecule has 0 spiro atoms. The van der Waals surface area contributed by atoms with Crippen molar-refractivity contribution in [3.05, 3.63) is 23.9 Å². The maximum Gasteiger partial charge on any atom is 0.254 e. The molecule has 0 aliphatic rings. The molecule has 1 rings (SSSR count). The molecule has 0 aliphatic heterocycles. The van der Waals surface area contributed by atoms with E-state index < -0.39 is 0 Å². The van der Waals surface area contributed by atoms with Crippen molar-refractivity contribution in [2.75, 3.05) is 40.1 Å². The van der Waals surface area contributed by atoms with Crippen LogP contribution in [-0.2, 0) is 0 Å². The Balaban J connectivity index is 2.66. The van der Waals surface area contributed by atoms with Gasteiger partial charge in [-0.05, 0) is 40.1 Å². The van der Waals surface area contributed by atoms with E-state index in [4.69, 9.17) is 0 Å². The molecule has 0 aliphatic carbocycles. The number of hydrogen-bond donors (Lipinski definition) is 1. The van der Waals surface area contributed by atoms with E-state index in [1.807, 2.05) is 20.2 Å². The van der Waals surface area contributed by atoms with Crippen LogP contribution in [0.3, 0.4) is 0 Å². The van der Waals surface area contributed by atoms with Gasteiger partial charge in [-0.2, -0.15) is 0 Å². The quantitative estimate of drug-likeness (QED) is 0.876. The lowest BCUT2D eigenvalue weighted by atomic mass is 10.0. The number of carbonyl (C=O) groups is 1. The van der Waals surface area contributed by atoms with Crippen molar-refractivity contribution in [3.8, 4) is 0 Å². The molecule has 1 aromatic rings. The normalized spacial score (nSPS) is 11.5. The molecule has 0 saturated carbocycles. The molecule has 0 bridgehead atoms. The van der Waals surface area contributed by atoms with Crippen LogP contribution in [0.4, 0.5) is 5.82 Å². The highest BCUT2D eigenvalue weighted by molar-refractivity contribution is 5.93. The predicted molar refractivity (Wildman–Crippen MR) is 78.5 cm³/mol. The van der Waals surface area contributed by atoms with E-state index in [0.717, 1.165) is 12.4 Å². The van der Waals surface area contributed by atoms with Crippen molar-refractivity contribution >= 4 is 11.7 Å². The number of hydrogen-bond acceptors (Lipinski definition) is 4. The van der Waals surface area contributed by atoms with Gasteiger partial charge in [-0.15, -0.1) is 0 Å². The lowest BCUT2D eigenvalue weighted by Crippen LogP contribution is -2.44. The maximum atomic E-state index is 11.7. The van der Waals surface area contributed by atoms with Crippen molar-refractivity contribution in [2.45, 2.75) is 19.4 Å². The largest absolute Gasteiger partial charge is 0.368 e. The van der Waals surface area contributed by atoms with Crippen molar-refractivity contribution in [1.82, 2.24) is 14.8 Å². The summed E-state index contributed by atoms with van der Waals surface area (Å²) >= 11 is 0. The molecule has 0 fully saturated rings. The van der Waals surface area contributed by atoms with Gasteiger partial charge in [0.2, 0.25) is 0 Å². The number of amides is 1. The highest BCUT2D eigenvalue weighted by atomic mass is 16.2. The first-order valence-electron chi connectivity index (χ1n) is 6.33. The van der Waals surface area contributed by atoms with Crippen LogP contribution < -0.4 is 5.32 Å². The standard InChI is InChI=1S/C14H24N4O/c1-14(2,18(5)6)10-16-12-8-7-11(9-15-12)13(19)17(3)4/h7-9H,10H2,1-6H3,(H,15,16). The van der Waals surface area contributed by atoms with Crippen molar-refractivity contribution < 1.29 is 4.79 Å².